The second kappa shape index (κ2) is 7.12. The number of carbonyl (C=O) groups excluding carboxylic acids is 1. The Morgan fingerprint density at radius 3 is 2.38 bits per heavy atom. The minimum atomic E-state index is -0.597. The van der Waals surface area contributed by atoms with Gasteiger partial charge in [0.1, 0.15) is 11.4 Å². The number of benzene rings is 2. The van der Waals surface area contributed by atoms with E-state index in [1.807, 2.05) is 38.9 Å². The van der Waals surface area contributed by atoms with Crippen LogP contribution in [-0.4, -0.2) is 42.9 Å². The molecule has 1 aliphatic rings. The number of aryl methyl sites for hydroxylation is 2. The third kappa shape index (κ3) is 3.23. The minimum absolute atomic E-state index is 0.0823. The van der Waals surface area contributed by atoms with E-state index in [1.165, 1.54) is 12.1 Å². The summed E-state index contributed by atoms with van der Waals surface area (Å²) in [6.45, 7) is 4.93. The summed E-state index contributed by atoms with van der Waals surface area (Å²) in [5, 5.41) is 0.459. The molecule has 1 amide bonds. The van der Waals surface area contributed by atoms with Gasteiger partial charge in [-0.2, -0.15) is 0 Å². The molecule has 2 aromatic carbocycles. The average Bonchev–Trinajstić information content (AvgIpc) is 2.95. The third-order valence-corrected chi connectivity index (χ3v) is 5.56. The normalized spacial score (nSPS) is 16.1. The van der Waals surface area contributed by atoms with Crippen LogP contribution in [0.5, 0.6) is 0 Å². The van der Waals surface area contributed by atoms with Gasteiger partial charge in [-0.05, 0) is 68.9 Å². The first kappa shape index (κ1) is 19.3. The van der Waals surface area contributed by atoms with Crippen LogP contribution in [0.1, 0.15) is 38.9 Å². The third-order valence-electron chi connectivity index (χ3n) is 5.56. The van der Waals surface area contributed by atoms with E-state index in [0.29, 0.717) is 35.2 Å². The van der Waals surface area contributed by atoms with E-state index >= 15 is 0 Å². The van der Waals surface area contributed by atoms with Crippen molar-refractivity contribution >= 4 is 16.9 Å². The lowest BCUT2D eigenvalue weighted by molar-refractivity contribution is 0.0716. The molecule has 0 saturated heterocycles. The number of hydrogen-bond donors (Lipinski definition) is 0. The topological polar surface area (TPSA) is 53.8 Å². The molecule has 0 bridgehead atoms. The molecule has 5 nitrogen and oxygen atoms in total. The summed E-state index contributed by atoms with van der Waals surface area (Å²) >= 11 is 0. The molecular formula is C23H23FN2O3. The number of halogens is 1. The first-order valence-corrected chi connectivity index (χ1v) is 9.57. The van der Waals surface area contributed by atoms with Crippen LogP contribution in [0.25, 0.3) is 11.0 Å². The van der Waals surface area contributed by atoms with Gasteiger partial charge < -0.3 is 14.2 Å². The molecule has 2 heterocycles. The molecule has 1 atom stereocenters. The Labute approximate surface area is 168 Å². The number of hydrogen-bond acceptors (Lipinski definition) is 4. The van der Waals surface area contributed by atoms with E-state index in [2.05, 4.69) is 0 Å². The molecule has 0 spiro atoms. The monoisotopic (exact) mass is 394 g/mol. The molecule has 4 rings (SSSR count). The molecule has 6 heteroatoms. The second-order valence-electron chi connectivity index (χ2n) is 7.86. The first-order chi connectivity index (χ1) is 13.8. The Kier molecular flexibility index (Phi) is 4.74. The first-order valence-electron chi connectivity index (χ1n) is 9.57. The van der Waals surface area contributed by atoms with Crippen molar-refractivity contribution in [3.63, 3.8) is 0 Å². The summed E-state index contributed by atoms with van der Waals surface area (Å²) in [6.07, 6.45) is 0. The highest BCUT2D eigenvalue weighted by Crippen LogP contribution is 2.38. The molecule has 0 aliphatic carbocycles. The van der Waals surface area contributed by atoms with Crippen LogP contribution in [0.2, 0.25) is 0 Å². The van der Waals surface area contributed by atoms with Gasteiger partial charge in [0.25, 0.3) is 5.91 Å². The SMILES string of the molecule is Cc1cc2oc3c(c(=O)c2cc1C)[C@@H](c1ccc(F)cc1)N(CCN(C)C)C3=O. The van der Waals surface area contributed by atoms with Crippen molar-refractivity contribution in [2.24, 2.45) is 0 Å². The quantitative estimate of drug-likeness (QED) is 0.678. The Bertz CT molecular complexity index is 1170. The highest BCUT2D eigenvalue weighted by atomic mass is 19.1. The minimum Gasteiger partial charge on any atom is -0.450 e. The highest BCUT2D eigenvalue weighted by Gasteiger charge is 2.42. The van der Waals surface area contributed by atoms with Gasteiger partial charge in [-0.15, -0.1) is 0 Å². The molecule has 1 aliphatic heterocycles. The number of nitrogens with zero attached hydrogens (tertiary/aromatic N) is 2. The van der Waals surface area contributed by atoms with E-state index in [9.17, 15) is 14.0 Å². The maximum absolute atomic E-state index is 13.5. The summed E-state index contributed by atoms with van der Waals surface area (Å²) in [4.78, 5) is 30.3. The van der Waals surface area contributed by atoms with Gasteiger partial charge in [-0.1, -0.05) is 12.1 Å². The van der Waals surface area contributed by atoms with Crippen molar-refractivity contribution in [2.45, 2.75) is 19.9 Å². The lowest BCUT2D eigenvalue weighted by Crippen LogP contribution is -2.35. The van der Waals surface area contributed by atoms with E-state index in [1.54, 1.807) is 23.1 Å². The van der Waals surface area contributed by atoms with E-state index in [0.717, 1.165) is 11.1 Å². The zero-order chi connectivity index (χ0) is 20.9. The van der Waals surface area contributed by atoms with Crippen LogP contribution in [0.3, 0.4) is 0 Å². The lowest BCUT2D eigenvalue weighted by atomic mass is 9.97. The average molecular weight is 394 g/mol. The Balaban J connectivity index is 1.96. The molecule has 0 radical (unpaired) electrons. The summed E-state index contributed by atoms with van der Waals surface area (Å²) < 4.78 is 19.5. The molecule has 0 fully saturated rings. The van der Waals surface area contributed by atoms with E-state index < -0.39 is 6.04 Å². The van der Waals surface area contributed by atoms with Crippen molar-refractivity contribution in [1.82, 2.24) is 9.80 Å². The summed E-state index contributed by atoms with van der Waals surface area (Å²) in [5.74, 6) is -0.595. The number of carbonyl (C=O) groups is 1. The molecule has 150 valence electrons. The predicted molar refractivity (Wildman–Crippen MR) is 110 cm³/mol. The molecule has 0 unspecified atom stereocenters. The second-order valence-corrected chi connectivity index (χ2v) is 7.86. The van der Waals surface area contributed by atoms with Gasteiger partial charge in [-0.25, -0.2) is 4.39 Å². The molecule has 0 saturated carbocycles. The standard InChI is InChI=1S/C23H23FN2O3/c1-13-11-17-18(12-14(13)2)29-22-19(21(17)27)20(15-5-7-16(24)8-6-15)26(23(22)28)10-9-25(3)4/h5-8,11-12,20H,9-10H2,1-4H3/t20-/m1/s1. The Hall–Kier alpha value is -2.99. The van der Waals surface area contributed by atoms with Gasteiger partial charge >= 0.3 is 0 Å². The smallest absolute Gasteiger partial charge is 0.290 e. The summed E-state index contributed by atoms with van der Waals surface area (Å²) in [7, 11) is 3.84. The van der Waals surface area contributed by atoms with Crippen molar-refractivity contribution in [3.05, 3.63) is 80.5 Å². The van der Waals surface area contributed by atoms with Crippen LogP contribution in [-0.2, 0) is 0 Å². The van der Waals surface area contributed by atoms with Crippen LogP contribution < -0.4 is 5.43 Å². The number of amides is 1. The molecule has 3 aromatic rings. The zero-order valence-electron chi connectivity index (χ0n) is 17.0. The van der Waals surface area contributed by atoms with Crippen LogP contribution in [0.4, 0.5) is 4.39 Å². The molecule has 29 heavy (non-hydrogen) atoms. The maximum Gasteiger partial charge on any atom is 0.290 e. The van der Waals surface area contributed by atoms with Crippen molar-refractivity contribution in [3.8, 4) is 0 Å². The van der Waals surface area contributed by atoms with Gasteiger partial charge in [-0.3, -0.25) is 9.59 Å². The number of likely N-dealkylation sites (N-methyl/N-ethyl adjacent to an activating group) is 1. The predicted octanol–water partition coefficient (Wildman–Crippen LogP) is 3.66. The maximum atomic E-state index is 13.5. The molecular weight excluding hydrogens is 371 g/mol. The fraction of sp³-hybridized carbons (Fsp3) is 0.304. The van der Waals surface area contributed by atoms with E-state index in [4.69, 9.17) is 4.42 Å². The van der Waals surface area contributed by atoms with Crippen molar-refractivity contribution in [2.75, 3.05) is 27.2 Å². The highest BCUT2D eigenvalue weighted by molar-refractivity contribution is 5.99. The molecule has 0 N–H and O–H groups in total. The van der Waals surface area contributed by atoms with Gasteiger partial charge in [0.15, 0.2) is 5.43 Å². The van der Waals surface area contributed by atoms with Crippen LogP contribution >= 0.6 is 0 Å². The Morgan fingerprint density at radius 1 is 1.07 bits per heavy atom. The van der Waals surface area contributed by atoms with Crippen molar-refractivity contribution in [1.29, 1.82) is 0 Å². The van der Waals surface area contributed by atoms with Crippen LogP contribution in [0.15, 0.2) is 45.6 Å². The van der Waals surface area contributed by atoms with Crippen molar-refractivity contribution < 1.29 is 13.6 Å². The van der Waals surface area contributed by atoms with Gasteiger partial charge in [0, 0.05) is 13.1 Å². The largest absolute Gasteiger partial charge is 0.450 e. The summed E-state index contributed by atoms with van der Waals surface area (Å²) in [5.41, 5.74) is 3.20. The fourth-order valence-electron chi connectivity index (χ4n) is 3.81. The summed E-state index contributed by atoms with van der Waals surface area (Å²) in [6, 6.07) is 8.95. The number of fused-ring (bicyclic) bond motifs is 2. The van der Waals surface area contributed by atoms with Gasteiger partial charge in [0.2, 0.25) is 5.76 Å². The fourth-order valence-corrected chi connectivity index (χ4v) is 3.81. The van der Waals surface area contributed by atoms with Crippen LogP contribution in [0, 0.1) is 19.7 Å². The molecule has 1 aromatic heterocycles. The lowest BCUT2D eigenvalue weighted by Gasteiger charge is -2.26. The number of rotatable bonds is 4. The van der Waals surface area contributed by atoms with E-state index in [-0.39, 0.29) is 22.9 Å². The zero-order valence-corrected chi connectivity index (χ0v) is 17.0. The Morgan fingerprint density at radius 2 is 1.72 bits per heavy atom. The van der Waals surface area contributed by atoms with Gasteiger partial charge in [0.05, 0.1) is 17.0 Å².